The van der Waals surface area contributed by atoms with E-state index in [4.69, 9.17) is 34.0 Å². The lowest BCUT2D eigenvalue weighted by Crippen LogP contribution is -2.51. The molecule has 0 saturated heterocycles. The summed E-state index contributed by atoms with van der Waals surface area (Å²) in [6.07, 6.45) is 0.207. The molecule has 0 atom stereocenters. The fourth-order valence-corrected chi connectivity index (χ4v) is 2.02. The van der Waals surface area contributed by atoms with Crippen LogP contribution in [0.4, 0.5) is 11.4 Å². The van der Waals surface area contributed by atoms with E-state index < -0.39 is 11.8 Å². The molecule has 1 aromatic carbocycles. The zero-order valence-corrected chi connectivity index (χ0v) is 10.3. The maximum Gasteiger partial charge on any atom is 0.303 e. The van der Waals surface area contributed by atoms with Gasteiger partial charge in [-0.2, -0.15) is 0 Å². The zero-order valence-electron chi connectivity index (χ0n) is 8.76. The number of hydrogen-bond donors (Lipinski definition) is 4. The second-order valence-corrected chi connectivity index (χ2v) is 4.74. The highest BCUT2D eigenvalue weighted by atomic mass is 35.5. The predicted molar refractivity (Wildman–Crippen MR) is 67.5 cm³/mol. The third-order valence-electron chi connectivity index (χ3n) is 2.51. The SMILES string of the molecule is NC1(CCC(=O)O)Nc2cc(Cl)c(Cl)cc2N1. The molecule has 7 heteroatoms. The molecule has 0 bridgehead atoms. The molecule has 5 nitrogen and oxygen atoms in total. The minimum atomic E-state index is -0.977. The third-order valence-corrected chi connectivity index (χ3v) is 3.23. The monoisotopic (exact) mass is 275 g/mol. The van der Waals surface area contributed by atoms with Gasteiger partial charge in [0.05, 0.1) is 27.8 Å². The molecule has 0 amide bonds. The lowest BCUT2D eigenvalue weighted by Gasteiger charge is -2.24. The van der Waals surface area contributed by atoms with Crippen LogP contribution in [-0.2, 0) is 4.79 Å². The van der Waals surface area contributed by atoms with Crippen LogP contribution in [0.1, 0.15) is 12.8 Å². The lowest BCUT2D eigenvalue weighted by atomic mass is 10.2. The lowest BCUT2D eigenvalue weighted by molar-refractivity contribution is -0.137. The first-order chi connectivity index (χ1) is 7.89. The Morgan fingerprint density at radius 1 is 1.29 bits per heavy atom. The van der Waals surface area contributed by atoms with E-state index in [1.54, 1.807) is 12.1 Å². The molecule has 0 fully saturated rings. The number of halogens is 2. The van der Waals surface area contributed by atoms with Crippen LogP contribution in [0.5, 0.6) is 0 Å². The molecule has 0 unspecified atom stereocenters. The van der Waals surface area contributed by atoms with Crippen molar-refractivity contribution in [2.75, 3.05) is 10.6 Å². The number of rotatable bonds is 3. The number of fused-ring (bicyclic) bond motifs is 1. The molecule has 1 aliphatic heterocycles. The summed E-state index contributed by atoms with van der Waals surface area (Å²) in [6, 6.07) is 3.31. The van der Waals surface area contributed by atoms with E-state index in [-0.39, 0.29) is 12.8 Å². The van der Waals surface area contributed by atoms with Crippen LogP contribution in [0.3, 0.4) is 0 Å². The van der Waals surface area contributed by atoms with E-state index in [1.807, 2.05) is 0 Å². The van der Waals surface area contributed by atoms with Gasteiger partial charge in [0.1, 0.15) is 0 Å². The van der Waals surface area contributed by atoms with Gasteiger partial charge in [0, 0.05) is 6.42 Å². The number of carboxylic acid groups (broad SMARTS) is 1. The largest absolute Gasteiger partial charge is 0.481 e. The Morgan fingerprint density at radius 2 is 1.76 bits per heavy atom. The molecule has 17 heavy (non-hydrogen) atoms. The van der Waals surface area contributed by atoms with Crippen molar-refractivity contribution in [2.45, 2.75) is 18.6 Å². The first-order valence-corrected chi connectivity index (χ1v) is 5.71. The number of nitrogens with one attached hydrogen (secondary N) is 2. The summed E-state index contributed by atoms with van der Waals surface area (Å²) < 4.78 is 0. The van der Waals surface area contributed by atoms with Gasteiger partial charge in [0.15, 0.2) is 5.79 Å². The second-order valence-electron chi connectivity index (χ2n) is 3.93. The zero-order chi connectivity index (χ0) is 12.6. The summed E-state index contributed by atoms with van der Waals surface area (Å²) in [4.78, 5) is 10.5. The van der Waals surface area contributed by atoms with E-state index in [0.29, 0.717) is 21.4 Å². The third kappa shape index (κ3) is 2.57. The Kier molecular flexibility index (Phi) is 3.07. The second kappa shape index (κ2) is 4.25. The van der Waals surface area contributed by atoms with Gasteiger partial charge < -0.3 is 15.7 Å². The molecule has 1 aliphatic rings. The Hall–Kier alpha value is -1.17. The average Bonchev–Trinajstić information content (AvgIpc) is 2.53. The van der Waals surface area contributed by atoms with Crippen LogP contribution >= 0.6 is 23.2 Å². The first-order valence-electron chi connectivity index (χ1n) is 4.96. The maximum atomic E-state index is 10.5. The van der Waals surface area contributed by atoms with Crippen LogP contribution in [0.25, 0.3) is 0 Å². The Morgan fingerprint density at radius 3 is 2.18 bits per heavy atom. The minimum absolute atomic E-state index is 0.0358. The highest BCUT2D eigenvalue weighted by molar-refractivity contribution is 6.42. The van der Waals surface area contributed by atoms with Crippen LogP contribution in [0, 0.1) is 0 Å². The molecule has 0 saturated carbocycles. The molecular weight excluding hydrogens is 265 g/mol. The highest BCUT2D eigenvalue weighted by Crippen LogP contribution is 2.39. The van der Waals surface area contributed by atoms with Gasteiger partial charge in [-0.1, -0.05) is 23.2 Å². The molecule has 2 rings (SSSR count). The molecule has 1 aromatic rings. The standard InChI is InChI=1S/C10H11Cl2N3O2/c11-5-3-7-8(4-6(5)12)15-10(13,14-7)2-1-9(16)17/h3-4,14-15H,1-2,13H2,(H,16,17). The van der Waals surface area contributed by atoms with Crippen LogP contribution < -0.4 is 16.4 Å². The molecule has 0 aromatic heterocycles. The van der Waals surface area contributed by atoms with Gasteiger partial charge in [-0.25, -0.2) is 0 Å². The summed E-state index contributed by atoms with van der Waals surface area (Å²) in [5.41, 5.74) is 7.42. The van der Waals surface area contributed by atoms with Crippen LogP contribution in [0.2, 0.25) is 10.0 Å². The Balaban J connectivity index is 2.17. The van der Waals surface area contributed by atoms with Crippen LogP contribution in [-0.4, -0.2) is 16.9 Å². The number of nitrogens with two attached hydrogens (primary N) is 1. The Labute approximate surface area is 108 Å². The van der Waals surface area contributed by atoms with Gasteiger partial charge >= 0.3 is 5.97 Å². The van der Waals surface area contributed by atoms with E-state index in [0.717, 1.165) is 0 Å². The van der Waals surface area contributed by atoms with Crippen molar-refractivity contribution in [3.05, 3.63) is 22.2 Å². The summed E-state index contributed by atoms with van der Waals surface area (Å²) in [6.45, 7) is 0. The van der Waals surface area contributed by atoms with Crippen molar-refractivity contribution in [3.63, 3.8) is 0 Å². The van der Waals surface area contributed by atoms with E-state index in [2.05, 4.69) is 10.6 Å². The highest BCUT2D eigenvalue weighted by Gasteiger charge is 2.33. The molecule has 5 N–H and O–H groups in total. The summed E-state index contributed by atoms with van der Waals surface area (Å²) >= 11 is 11.8. The van der Waals surface area contributed by atoms with Crippen molar-refractivity contribution in [3.8, 4) is 0 Å². The van der Waals surface area contributed by atoms with Crippen molar-refractivity contribution in [2.24, 2.45) is 5.73 Å². The van der Waals surface area contributed by atoms with Gasteiger partial charge in [-0.15, -0.1) is 0 Å². The van der Waals surface area contributed by atoms with Gasteiger partial charge in [-0.05, 0) is 12.1 Å². The Bertz CT molecular complexity index is 448. The van der Waals surface area contributed by atoms with E-state index in [1.165, 1.54) is 0 Å². The van der Waals surface area contributed by atoms with E-state index in [9.17, 15) is 4.79 Å². The predicted octanol–water partition coefficient (Wildman–Crippen LogP) is 2.31. The normalized spacial score (nSPS) is 15.9. The number of carbonyl (C=O) groups is 1. The summed E-state index contributed by atoms with van der Waals surface area (Å²) in [5, 5.41) is 15.5. The fourth-order valence-electron chi connectivity index (χ4n) is 1.69. The van der Waals surface area contributed by atoms with E-state index >= 15 is 0 Å². The number of aliphatic carboxylic acids is 1. The number of benzene rings is 1. The molecule has 0 aliphatic carbocycles. The smallest absolute Gasteiger partial charge is 0.303 e. The van der Waals surface area contributed by atoms with Crippen molar-refractivity contribution < 1.29 is 9.90 Å². The number of anilines is 2. The van der Waals surface area contributed by atoms with Crippen LogP contribution in [0.15, 0.2) is 12.1 Å². The van der Waals surface area contributed by atoms with Crippen molar-refractivity contribution >= 4 is 40.5 Å². The van der Waals surface area contributed by atoms with Crippen molar-refractivity contribution in [1.82, 2.24) is 0 Å². The average molecular weight is 276 g/mol. The number of carboxylic acids is 1. The summed E-state index contributed by atoms with van der Waals surface area (Å²) in [7, 11) is 0. The first kappa shape index (κ1) is 12.3. The quantitative estimate of drug-likeness (QED) is 0.680. The van der Waals surface area contributed by atoms with Crippen molar-refractivity contribution in [1.29, 1.82) is 0 Å². The maximum absolute atomic E-state index is 10.5. The molecule has 1 heterocycles. The molecule has 0 radical (unpaired) electrons. The molecule has 92 valence electrons. The van der Waals surface area contributed by atoms with Gasteiger partial charge in [0.25, 0.3) is 0 Å². The molecule has 0 spiro atoms. The minimum Gasteiger partial charge on any atom is -0.481 e. The van der Waals surface area contributed by atoms with Gasteiger partial charge in [-0.3, -0.25) is 10.5 Å². The molecular formula is C10H11Cl2N3O2. The summed E-state index contributed by atoms with van der Waals surface area (Å²) in [5.74, 6) is -1.88. The topological polar surface area (TPSA) is 87.4 Å². The van der Waals surface area contributed by atoms with Gasteiger partial charge in [0.2, 0.25) is 0 Å². The fraction of sp³-hybridized carbons (Fsp3) is 0.300. The number of hydrogen-bond acceptors (Lipinski definition) is 4.